The van der Waals surface area contributed by atoms with Crippen LogP contribution in [-0.2, 0) is 0 Å². The third-order valence-corrected chi connectivity index (χ3v) is 3.56. The molecular formula is C14H24N4O. The number of nitrogens with zero attached hydrogens (tertiary/aromatic N) is 3. The Morgan fingerprint density at radius 1 is 1.26 bits per heavy atom. The summed E-state index contributed by atoms with van der Waals surface area (Å²) in [7, 11) is 0. The van der Waals surface area contributed by atoms with Crippen LogP contribution >= 0.6 is 0 Å². The van der Waals surface area contributed by atoms with E-state index >= 15 is 0 Å². The Morgan fingerprint density at radius 3 is 2.53 bits per heavy atom. The normalized spacial score (nSPS) is 18.7. The zero-order valence-electron chi connectivity index (χ0n) is 12.0. The average molecular weight is 264 g/mol. The van der Waals surface area contributed by atoms with Gasteiger partial charge in [0.25, 0.3) is 0 Å². The smallest absolute Gasteiger partial charge is 0.234 e. The predicted octanol–water partition coefficient (Wildman–Crippen LogP) is 1.83. The molecule has 1 atom stereocenters. The van der Waals surface area contributed by atoms with E-state index in [0.29, 0.717) is 11.8 Å². The van der Waals surface area contributed by atoms with Gasteiger partial charge in [0, 0.05) is 19.1 Å². The molecular weight excluding hydrogens is 240 g/mol. The molecule has 1 aliphatic heterocycles. The van der Waals surface area contributed by atoms with Gasteiger partial charge in [-0.1, -0.05) is 0 Å². The first-order chi connectivity index (χ1) is 9.06. The molecule has 0 aromatic carbocycles. The van der Waals surface area contributed by atoms with Crippen LogP contribution in [0.5, 0.6) is 5.88 Å². The SMILES string of the molecule is CC(C)Oc1cncc(N2CCC(C(C)N)CC2)n1. The summed E-state index contributed by atoms with van der Waals surface area (Å²) >= 11 is 0. The largest absolute Gasteiger partial charge is 0.474 e. The number of aromatic nitrogens is 2. The van der Waals surface area contributed by atoms with E-state index in [1.54, 1.807) is 12.4 Å². The van der Waals surface area contributed by atoms with E-state index in [1.807, 2.05) is 13.8 Å². The van der Waals surface area contributed by atoms with Crippen LogP contribution in [0.2, 0.25) is 0 Å². The summed E-state index contributed by atoms with van der Waals surface area (Å²) in [5.74, 6) is 2.13. The maximum Gasteiger partial charge on any atom is 0.234 e. The number of piperidine rings is 1. The highest BCUT2D eigenvalue weighted by Crippen LogP contribution is 2.24. The van der Waals surface area contributed by atoms with E-state index in [2.05, 4.69) is 21.8 Å². The van der Waals surface area contributed by atoms with Crippen LogP contribution in [0.15, 0.2) is 12.4 Å². The first-order valence-corrected chi connectivity index (χ1v) is 7.05. The monoisotopic (exact) mass is 264 g/mol. The minimum atomic E-state index is 0.119. The molecule has 0 saturated carbocycles. The number of ether oxygens (including phenoxy) is 1. The van der Waals surface area contributed by atoms with Crippen molar-refractivity contribution in [2.45, 2.75) is 45.8 Å². The first kappa shape index (κ1) is 14.1. The van der Waals surface area contributed by atoms with Crippen molar-refractivity contribution < 1.29 is 4.74 Å². The summed E-state index contributed by atoms with van der Waals surface area (Å²) in [5.41, 5.74) is 5.96. The molecule has 1 aliphatic rings. The van der Waals surface area contributed by atoms with Gasteiger partial charge in [-0.05, 0) is 39.5 Å². The molecule has 1 aromatic rings. The highest BCUT2D eigenvalue weighted by atomic mass is 16.5. The summed E-state index contributed by atoms with van der Waals surface area (Å²) < 4.78 is 5.58. The van der Waals surface area contributed by atoms with E-state index in [9.17, 15) is 0 Å². The van der Waals surface area contributed by atoms with Gasteiger partial charge in [-0.15, -0.1) is 0 Å². The van der Waals surface area contributed by atoms with Crippen LogP contribution in [0.3, 0.4) is 0 Å². The third-order valence-electron chi connectivity index (χ3n) is 3.56. The zero-order valence-corrected chi connectivity index (χ0v) is 12.0. The van der Waals surface area contributed by atoms with Crippen LogP contribution in [0.25, 0.3) is 0 Å². The van der Waals surface area contributed by atoms with Gasteiger partial charge in [0.1, 0.15) is 0 Å². The minimum Gasteiger partial charge on any atom is -0.474 e. The van der Waals surface area contributed by atoms with Crippen LogP contribution in [0.4, 0.5) is 5.82 Å². The number of rotatable bonds is 4. The standard InChI is InChI=1S/C14H24N4O/c1-10(2)19-14-9-16-8-13(17-14)18-6-4-12(5-7-18)11(3)15/h8-12H,4-7,15H2,1-3H3. The lowest BCUT2D eigenvalue weighted by molar-refractivity contribution is 0.231. The van der Waals surface area contributed by atoms with Crippen LogP contribution < -0.4 is 15.4 Å². The Labute approximate surface area is 115 Å². The number of anilines is 1. The molecule has 0 amide bonds. The molecule has 2 heterocycles. The molecule has 19 heavy (non-hydrogen) atoms. The van der Waals surface area contributed by atoms with Crippen LogP contribution in [0.1, 0.15) is 33.6 Å². The fourth-order valence-corrected chi connectivity index (χ4v) is 2.44. The van der Waals surface area contributed by atoms with Crippen molar-refractivity contribution in [3.63, 3.8) is 0 Å². The van der Waals surface area contributed by atoms with Crippen molar-refractivity contribution in [2.24, 2.45) is 11.7 Å². The molecule has 0 spiro atoms. The minimum absolute atomic E-state index is 0.119. The fourth-order valence-electron chi connectivity index (χ4n) is 2.44. The predicted molar refractivity (Wildman–Crippen MR) is 76.4 cm³/mol. The average Bonchev–Trinajstić information content (AvgIpc) is 2.38. The molecule has 0 radical (unpaired) electrons. The summed E-state index contributed by atoms with van der Waals surface area (Å²) in [6.07, 6.45) is 5.83. The second-order valence-corrected chi connectivity index (χ2v) is 5.57. The molecule has 2 rings (SSSR count). The fraction of sp³-hybridized carbons (Fsp3) is 0.714. The molecule has 1 unspecified atom stereocenters. The van der Waals surface area contributed by atoms with Crippen molar-refractivity contribution in [3.8, 4) is 5.88 Å². The van der Waals surface area contributed by atoms with E-state index < -0.39 is 0 Å². The molecule has 5 nitrogen and oxygen atoms in total. The summed E-state index contributed by atoms with van der Waals surface area (Å²) in [4.78, 5) is 11.0. The lowest BCUT2D eigenvalue weighted by atomic mass is 9.91. The van der Waals surface area contributed by atoms with Gasteiger partial charge in [0.05, 0.1) is 18.5 Å². The van der Waals surface area contributed by atoms with Crippen molar-refractivity contribution in [2.75, 3.05) is 18.0 Å². The Bertz CT molecular complexity index is 400. The van der Waals surface area contributed by atoms with Crippen molar-refractivity contribution in [3.05, 3.63) is 12.4 Å². The van der Waals surface area contributed by atoms with Gasteiger partial charge in [-0.3, -0.25) is 4.98 Å². The summed E-state index contributed by atoms with van der Waals surface area (Å²) in [6, 6.07) is 0.281. The first-order valence-electron chi connectivity index (χ1n) is 7.05. The molecule has 1 fully saturated rings. The number of hydrogen-bond donors (Lipinski definition) is 1. The van der Waals surface area contributed by atoms with Crippen LogP contribution in [-0.4, -0.2) is 35.2 Å². The molecule has 0 aliphatic carbocycles. The lowest BCUT2D eigenvalue weighted by Gasteiger charge is -2.34. The van der Waals surface area contributed by atoms with Crippen molar-refractivity contribution in [1.29, 1.82) is 0 Å². The number of hydrogen-bond acceptors (Lipinski definition) is 5. The second kappa shape index (κ2) is 6.19. The Morgan fingerprint density at radius 2 is 1.95 bits per heavy atom. The Balaban J connectivity index is 1.99. The Kier molecular flexibility index (Phi) is 4.58. The summed E-state index contributed by atoms with van der Waals surface area (Å²) in [5, 5.41) is 0. The quantitative estimate of drug-likeness (QED) is 0.898. The molecule has 106 valence electrons. The topological polar surface area (TPSA) is 64.3 Å². The summed E-state index contributed by atoms with van der Waals surface area (Å²) in [6.45, 7) is 8.06. The highest BCUT2D eigenvalue weighted by Gasteiger charge is 2.23. The molecule has 2 N–H and O–H groups in total. The van der Waals surface area contributed by atoms with Gasteiger partial charge >= 0.3 is 0 Å². The van der Waals surface area contributed by atoms with Gasteiger partial charge < -0.3 is 15.4 Å². The van der Waals surface area contributed by atoms with Gasteiger partial charge in [-0.2, -0.15) is 4.98 Å². The van der Waals surface area contributed by atoms with Gasteiger partial charge in [0.15, 0.2) is 5.82 Å². The molecule has 1 saturated heterocycles. The van der Waals surface area contributed by atoms with E-state index in [4.69, 9.17) is 10.5 Å². The molecule has 0 bridgehead atoms. The molecule has 1 aromatic heterocycles. The van der Waals surface area contributed by atoms with Crippen molar-refractivity contribution >= 4 is 5.82 Å². The van der Waals surface area contributed by atoms with Crippen molar-refractivity contribution in [1.82, 2.24) is 9.97 Å². The number of nitrogens with two attached hydrogens (primary N) is 1. The maximum atomic E-state index is 5.96. The lowest BCUT2D eigenvalue weighted by Crippen LogP contribution is -2.40. The third kappa shape index (κ3) is 3.80. The van der Waals surface area contributed by atoms with E-state index in [0.717, 1.165) is 31.7 Å². The van der Waals surface area contributed by atoms with Crippen LogP contribution in [0, 0.1) is 5.92 Å². The highest BCUT2D eigenvalue weighted by molar-refractivity contribution is 5.38. The zero-order chi connectivity index (χ0) is 13.8. The van der Waals surface area contributed by atoms with E-state index in [-0.39, 0.29) is 12.1 Å². The molecule has 5 heteroatoms. The second-order valence-electron chi connectivity index (χ2n) is 5.57. The van der Waals surface area contributed by atoms with Gasteiger partial charge in [-0.25, -0.2) is 0 Å². The van der Waals surface area contributed by atoms with E-state index in [1.165, 1.54) is 0 Å². The maximum absolute atomic E-state index is 5.96. The Hall–Kier alpha value is -1.36. The van der Waals surface area contributed by atoms with Gasteiger partial charge in [0.2, 0.25) is 5.88 Å².